The zero-order valence-corrected chi connectivity index (χ0v) is 19.2. The van der Waals surface area contributed by atoms with E-state index in [0.29, 0.717) is 35.0 Å². The molecule has 0 unspecified atom stereocenters. The highest BCUT2D eigenvalue weighted by atomic mass is 32.1. The van der Waals surface area contributed by atoms with Crippen molar-refractivity contribution in [3.05, 3.63) is 95.1 Å². The molecule has 1 saturated heterocycles. The van der Waals surface area contributed by atoms with Crippen LogP contribution in [0.1, 0.15) is 44.7 Å². The van der Waals surface area contributed by atoms with Crippen LogP contribution in [-0.2, 0) is 0 Å². The molecule has 1 aliphatic rings. The topological polar surface area (TPSA) is 59.5 Å². The fraction of sp³-hybridized carbons (Fsp3) is 0.222. The molecule has 1 amide bonds. The van der Waals surface area contributed by atoms with Crippen LogP contribution < -0.4 is 4.74 Å². The molecule has 0 spiro atoms. The van der Waals surface area contributed by atoms with E-state index in [9.17, 15) is 9.59 Å². The van der Waals surface area contributed by atoms with Crippen molar-refractivity contribution in [1.29, 1.82) is 0 Å². The van der Waals surface area contributed by atoms with Gasteiger partial charge in [0, 0.05) is 42.6 Å². The zero-order chi connectivity index (χ0) is 22.8. The van der Waals surface area contributed by atoms with E-state index >= 15 is 0 Å². The molecule has 5 rings (SSSR count). The average Bonchev–Trinajstić information content (AvgIpc) is 3.28. The molecular weight excluding hydrogens is 432 g/mol. The minimum atomic E-state index is -0.0439. The summed E-state index contributed by atoms with van der Waals surface area (Å²) in [5, 5.41) is 0.697. The smallest absolute Gasteiger partial charge is 0.274 e. The number of carbonyl (C=O) groups excluding carboxylic acids is 2. The maximum atomic E-state index is 13.0. The largest absolute Gasteiger partial charge is 0.467 e. The van der Waals surface area contributed by atoms with Crippen LogP contribution in [0.25, 0.3) is 10.2 Å². The van der Waals surface area contributed by atoms with Crippen molar-refractivity contribution in [3.8, 4) is 5.19 Å². The highest BCUT2D eigenvalue weighted by molar-refractivity contribution is 7.20. The van der Waals surface area contributed by atoms with E-state index in [1.165, 1.54) is 0 Å². The Bertz CT molecular complexity index is 1290. The summed E-state index contributed by atoms with van der Waals surface area (Å²) in [6.07, 6.45) is 1.59. The van der Waals surface area contributed by atoms with Crippen LogP contribution in [0, 0.1) is 6.92 Å². The number of para-hydroxylation sites is 1. The minimum Gasteiger partial charge on any atom is -0.467 e. The summed E-state index contributed by atoms with van der Waals surface area (Å²) in [6.45, 7) is 3.33. The molecule has 0 radical (unpaired) electrons. The molecule has 0 atom stereocenters. The van der Waals surface area contributed by atoms with Crippen LogP contribution in [0.5, 0.6) is 5.19 Å². The number of ether oxygens (including phenoxy) is 1. The Balaban J connectivity index is 1.19. The lowest BCUT2D eigenvalue weighted by Crippen LogP contribution is -2.41. The van der Waals surface area contributed by atoms with Gasteiger partial charge in [0.15, 0.2) is 5.78 Å². The number of aryl methyl sites for hydroxylation is 1. The van der Waals surface area contributed by atoms with E-state index in [2.05, 4.69) is 24.0 Å². The van der Waals surface area contributed by atoms with Gasteiger partial charge < -0.3 is 9.64 Å². The van der Waals surface area contributed by atoms with Gasteiger partial charge in [-0.2, -0.15) is 0 Å². The first-order valence-electron chi connectivity index (χ1n) is 11.1. The number of piperidine rings is 1. The molecule has 1 aliphatic heterocycles. The second kappa shape index (κ2) is 9.16. The summed E-state index contributed by atoms with van der Waals surface area (Å²) in [7, 11) is 0. The predicted molar refractivity (Wildman–Crippen MR) is 130 cm³/mol. The number of rotatable bonds is 5. The van der Waals surface area contributed by atoms with Crippen LogP contribution in [0.4, 0.5) is 0 Å². The Morgan fingerprint density at radius 3 is 2.24 bits per heavy atom. The Kier molecular flexibility index (Phi) is 5.92. The van der Waals surface area contributed by atoms with Crippen molar-refractivity contribution in [2.45, 2.75) is 25.9 Å². The number of thiazole rings is 1. The molecule has 6 heteroatoms. The molecule has 5 nitrogen and oxygen atoms in total. The molecule has 33 heavy (non-hydrogen) atoms. The van der Waals surface area contributed by atoms with Crippen molar-refractivity contribution in [3.63, 3.8) is 0 Å². The van der Waals surface area contributed by atoms with Gasteiger partial charge in [-0.3, -0.25) is 9.59 Å². The molecule has 2 heterocycles. The number of hydrogen-bond donors (Lipinski definition) is 0. The fourth-order valence-corrected chi connectivity index (χ4v) is 5.10. The first-order valence-corrected chi connectivity index (χ1v) is 11.9. The number of amides is 1. The molecule has 0 aliphatic carbocycles. The standard InChI is InChI=1S/C27H24N2O3S/c1-18-6-5-9-23-24(18)28-27(33-23)32-22-14-16-29(17-15-22)26(31)21-12-10-20(11-13-21)25(30)19-7-3-2-4-8-19/h2-13,22H,14-17H2,1H3. The van der Waals surface area contributed by atoms with E-state index < -0.39 is 0 Å². The molecule has 166 valence electrons. The maximum absolute atomic E-state index is 13.0. The van der Waals surface area contributed by atoms with Gasteiger partial charge in [-0.15, -0.1) is 0 Å². The normalized spacial score (nSPS) is 14.4. The number of hydrogen-bond acceptors (Lipinski definition) is 5. The third kappa shape index (κ3) is 4.52. The van der Waals surface area contributed by atoms with Gasteiger partial charge in [0.1, 0.15) is 6.10 Å². The first-order chi connectivity index (χ1) is 16.1. The summed E-state index contributed by atoms with van der Waals surface area (Å²) in [6, 6.07) is 22.3. The molecule has 1 fully saturated rings. The molecule has 0 N–H and O–H groups in total. The van der Waals surface area contributed by atoms with Gasteiger partial charge in [0.05, 0.1) is 10.2 Å². The Morgan fingerprint density at radius 2 is 1.55 bits per heavy atom. The van der Waals surface area contributed by atoms with E-state index in [1.807, 2.05) is 29.2 Å². The van der Waals surface area contributed by atoms with Crippen LogP contribution in [-0.4, -0.2) is 40.8 Å². The highest BCUT2D eigenvalue weighted by Gasteiger charge is 2.25. The van der Waals surface area contributed by atoms with E-state index in [0.717, 1.165) is 28.6 Å². The lowest BCUT2D eigenvalue weighted by atomic mass is 10.0. The predicted octanol–water partition coefficient (Wildman–Crippen LogP) is 5.52. The Morgan fingerprint density at radius 1 is 0.879 bits per heavy atom. The third-order valence-corrected chi connectivity index (χ3v) is 6.94. The van der Waals surface area contributed by atoms with Gasteiger partial charge in [-0.05, 0) is 30.7 Å². The van der Waals surface area contributed by atoms with Crippen molar-refractivity contribution in [1.82, 2.24) is 9.88 Å². The lowest BCUT2D eigenvalue weighted by molar-refractivity contribution is 0.0595. The second-order valence-electron chi connectivity index (χ2n) is 8.28. The Labute approximate surface area is 196 Å². The summed E-state index contributed by atoms with van der Waals surface area (Å²) >= 11 is 1.57. The van der Waals surface area contributed by atoms with E-state index in [4.69, 9.17) is 4.74 Å². The minimum absolute atomic E-state index is 0.0113. The van der Waals surface area contributed by atoms with Crippen LogP contribution >= 0.6 is 11.3 Å². The number of likely N-dealkylation sites (tertiary alicyclic amines) is 1. The van der Waals surface area contributed by atoms with Crippen molar-refractivity contribution < 1.29 is 14.3 Å². The van der Waals surface area contributed by atoms with Gasteiger partial charge in [0.2, 0.25) is 0 Å². The summed E-state index contributed by atoms with van der Waals surface area (Å²) in [5.41, 5.74) is 3.97. The number of carbonyl (C=O) groups is 2. The van der Waals surface area contributed by atoms with Gasteiger partial charge in [0.25, 0.3) is 11.1 Å². The molecule has 1 aromatic heterocycles. The van der Waals surface area contributed by atoms with Crippen LogP contribution in [0.2, 0.25) is 0 Å². The Hall–Kier alpha value is -3.51. The first kappa shape index (κ1) is 21.3. The van der Waals surface area contributed by atoms with Crippen molar-refractivity contribution in [2.75, 3.05) is 13.1 Å². The van der Waals surface area contributed by atoms with Crippen molar-refractivity contribution >= 4 is 33.2 Å². The maximum Gasteiger partial charge on any atom is 0.274 e. The average molecular weight is 457 g/mol. The SMILES string of the molecule is Cc1cccc2sc(OC3CCN(C(=O)c4ccc(C(=O)c5ccccc5)cc4)CC3)nc12. The van der Waals surface area contributed by atoms with Crippen LogP contribution in [0.3, 0.4) is 0 Å². The number of fused-ring (bicyclic) bond motifs is 1. The van der Waals surface area contributed by atoms with Crippen molar-refractivity contribution in [2.24, 2.45) is 0 Å². The lowest BCUT2D eigenvalue weighted by Gasteiger charge is -2.31. The monoisotopic (exact) mass is 456 g/mol. The molecule has 0 saturated carbocycles. The van der Waals surface area contributed by atoms with E-state index in [-0.39, 0.29) is 17.8 Å². The third-order valence-electron chi connectivity index (χ3n) is 6.03. The van der Waals surface area contributed by atoms with Gasteiger partial charge >= 0.3 is 0 Å². The molecule has 4 aromatic rings. The summed E-state index contributed by atoms with van der Waals surface area (Å²) < 4.78 is 7.28. The molecule has 0 bridgehead atoms. The van der Waals surface area contributed by atoms with Crippen LogP contribution in [0.15, 0.2) is 72.8 Å². The summed E-state index contributed by atoms with van der Waals surface area (Å²) in [5.74, 6) is -0.0552. The number of ketones is 1. The van der Waals surface area contributed by atoms with Gasteiger partial charge in [-0.1, -0.05) is 65.9 Å². The zero-order valence-electron chi connectivity index (χ0n) is 18.4. The molecular formula is C27H24N2O3S. The van der Waals surface area contributed by atoms with Gasteiger partial charge in [-0.25, -0.2) is 4.98 Å². The number of aromatic nitrogens is 1. The number of nitrogens with zero attached hydrogens (tertiary/aromatic N) is 2. The highest BCUT2D eigenvalue weighted by Crippen LogP contribution is 2.31. The quantitative estimate of drug-likeness (QED) is 0.371. The second-order valence-corrected chi connectivity index (χ2v) is 9.28. The van der Waals surface area contributed by atoms with E-state index in [1.54, 1.807) is 47.7 Å². The molecule has 3 aromatic carbocycles. The number of benzene rings is 3. The fourth-order valence-electron chi connectivity index (χ4n) is 4.14. The summed E-state index contributed by atoms with van der Waals surface area (Å²) in [4.78, 5) is 32.0.